The molecule has 4 heterocycles. The first-order chi connectivity index (χ1) is 23.4. The predicted molar refractivity (Wildman–Crippen MR) is 185 cm³/mol. The van der Waals surface area contributed by atoms with E-state index in [1.807, 2.05) is 49.4 Å². The van der Waals surface area contributed by atoms with Crippen LogP contribution in [-0.2, 0) is 47.2 Å². The van der Waals surface area contributed by atoms with Gasteiger partial charge in [0.05, 0.1) is 38.0 Å². The van der Waals surface area contributed by atoms with Gasteiger partial charge in [-0.25, -0.2) is 0 Å². The van der Waals surface area contributed by atoms with E-state index in [1.165, 1.54) is 7.11 Å². The largest absolute Gasteiger partial charge is 0.469 e. The maximum atomic E-state index is 16.5. The second-order valence-electron chi connectivity index (χ2n) is 14.5. The van der Waals surface area contributed by atoms with E-state index in [2.05, 4.69) is 0 Å². The molecule has 6 rings (SSSR count). The highest BCUT2D eigenvalue weighted by molar-refractivity contribution is 6.72. The molecule has 2 saturated heterocycles. The van der Waals surface area contributed by atoms with Gasteiger partial charge in [0, 0.05) is 55.2 Å². The number of hydrogen-bond acceptors (Lipinski definition) is 7. The minimum absolute atomic E-state index is 0.0184. The fourth-order valence-electron chi connectivity index (χ4n) is 8.68. The van der Waals surface area contributed by atoms with E-state index in [0.29, 0.717) is 62.3 Å². The molecule has 2 fully saturated rings. The molecule has 2 aromatic carbocycles. The standard InChI is InChI=1S/C37H48FN3O7Si/c1-24-35(49(3,4)38)31(21-33(44)41-22-26-12-6-5-11-25(26)19-28(41)23-42)48-37(24)29-20-27(39-17-9-7-13-32(39)43)15-16-30(29)40(36(37)46)18-10-8-14-34(45)47-2/h5-6,11-12,15-16,20,24,28,31,35,42H,7-10,13-14,17-19,21-23H2,1-4H3/t24-,28+,31+,35-,37+/m1/s1. The summed E-state index contributed by atoms with van der Waals surface area (Å²) in [4.78, 5) is 58.7. The lowest BCUT2D eigenvalue weighted by atomic mass is 9.82. The van der Waals surface area contributed by atoms with Crippen LogP contribution in [0.25, 0.3) is 0 Å². The Kier molecular flexibility index (Phi) is 10.0. The van der Waals surface area contributed by atoms with Gasteiger partial charge in [0.2, 0.25) is 20.2 Å². The van der Waals surface area contributed by atoms with Crippen molar-refractivity contribution >= 4 is 43.5 Å². The van der Waals surface area contributed by atoms with Gasteiger partial charge >= 0.3 is 5.97 Å². The molecular formula is C37H48FN3O7Si. The molecule has 2 aromatic rings. The number of fused-ring (bicyclic) bond motifs is 3. The van der Waals surface area contributed by atoms with Gasteiger partial charge in [-0.2, -0.15) is 0 Å². The molecule has 0 saturated carbocycles. The van der Waals surface area contributed by atoms with E-state index in [-0.39, 0.29) is 43.1 Å². The Bertz CT molecular complexity index is 1610. The first-order valence-corrected chi connectivity index (χ1v) is 20.5. The topological polar surface area (TPSA) is 117 Å². The average molecular weight is 694 g/mol. The van der Waals surface area contributed by atoms with Crippen molar-refractivity contribution in [2.24, 2.45) is 5.92 Å². The van der Waals surface area contributed by atoms with Crippen LogP contribution in [-0.4, -0.2) is 81.1 Å². The summed E-state index contributed by atoms with van der Waals surface area (Å²) in [5.41, 5.74) is 1.77. The Balaban J connectivity index is 1.35. The number of carbonyl (C=O) groups is 4. The van der Waals surface area contributed by atoms with E-state index in [1.54, 1.807) is 27.8 Å². The van der Waals surface area contributed by atoms with E-state index in [4.69, 9.17) is 9.47 Å². The van der Waals surface area contributed by atoms with Crippen molar-refractivity contribution in [3.63, 3.8) is 0 Å². The minimum Gasteiger partial charge on any atom is -0.469 e. The molecule has 0 radical (unpaired) electrons. The number of aliphatic hydroxyl groups excluding tert-OH is 1. The first-order valence-electron chi connectivity index (χ1n) is 17.6. The molecule has 49 heavy (non-hydrogen) atoms. The number of carbonyl (C=O) groups excluding carboxylic acids is 4. The number of hydrogen-bond donors (Lipinski definition) is 1. The highest BCUT2D eigenvalue weighted by Gasteiger charge is 2.67. The zero-order valence-corrected chi connectivity index (χ0v) is 30.0. The van der Waals surface area contributed by atoms with Crippen LogP contribution in [0.1, 0.15) is 68.6 Å². The van der Waals surface area contributed by atoms with Crippen molar-refractivity contribution < 1.29 is 37.9 Å². The summed E-state index contributed by atoms with van der Waals surface area (Å²) in [6, 6.07) is 13.0. The summed E-state index contributed by atoms with van der Waals surface area (Å²) in [6.45, 7) is 6.10. The number of rotatable bonds is 10. The summed E-state index contributed by atoms with van der Waals surface area (Å²) in [7, 11) is -2.21. The van der Waals surface area contributed by atoms with Crippen LogP contribution in [0.3, 0.4) is 0 Å². The number of nitrogens with zero attached hydrogens (tertiary/aromatic N) is 3. The summed E-state index contributed by atoms with van der Waals surface area (Å²) < 4.78 is 28.2. The van der Waals surface area contributed by atoms with Gasteiger partial charge in [-0.05, 0) is 74.5 Å². The second kappa shape index (κ2) is 14.0. The lowest BCUT2D eigenvalue weighted by Gasteiger charge is -2.37. The fourth-order valence-corrected chi connectivity index (χ4v) is 11.2. The molecule has 0 bridgehead atoms. The van der Waals surface area contributed by atoms with Crippen LogP contribution < -0.4 is 9.80 Å². The second-order valence-corrected chi connectivity index (χ2v) is 18.3. The SMILES string of the molecule is COC(=O)CCCCN1C(=O)[C@@]2(O[C@@H](CC(=O)N3Cc4ccccc4C[C@H]3CO)[C@H]([Si](C)(C)F)[C@H]2C)c2cc(N3CCCCC3=O)ccc21. The molecule has 0 aliphatic carbocycles. The zero-order valence-electron chi connectivity index (χ0n) is 29.0. The fraction of sp³-hybridized carbons (Fsp3) is 0.568. The average Bonchev–Trinajstić information content (AvgIpc) is 3.51. The quantitative estimate of drug-likeness (QED) is 0.161. The number of ether oxygens (including phenoxy) is 2. The smallest absolute Gasteiger partial charge is 0.305 e. The molecule has 10 nitrogen and oxygen atoms in total. The molecule has 3 amide bonds. The van der Waals surface area contributed by atoms with Crippen LogP contribution >= 0.6 is 0 Å². The Morgan fingerprint density at radius 2 is 1.86 bits per heavy atom. The van der Waals surface area contributed by atoms with Gasteiger partial charge in [-0.3, -0.25) is 19.2 Å². The Morgan fingerprint density at radius 3 is 2.55 bits per heavy atom. The molecular weight excluding hydrogens is 646 g/mol. The maximum absolute atomic E-state index is 16.5. The number of unbranched alkanes of at least 4 members (excludes halogenated alkanes) is 1. The van der Waals surface area contributed by atoms with E-state index < -0.39 is 37.6 Å². The van der Waals surface area contributed by atoms with E-state index in [9.17, 15) is 24.3 Å². The number of piperidine rings is 1. The summed E-state index contributed by atoms with van der Waals surface area (Å²) in [5.74, 6) is -1.46. The third-order valence-electron chi connectivity index (χ3n) is 11.1. The van der Waals surface area contributed by atoms with E-state index >= 15 is 4.11 Å². The number of anilines is 2. The van der Waals surface area contributed by atoms with Gasteiger partial charge in [-0.15, -0.1) is 0 Å². The molecule has 264 valence electrons. The van der Waals surface area contributed by atoms with Gasteiger partial charge in [0.15, 0.2) is 5.60 Å². The number of aliphatic hydroxyl groups is 1. The van der Waals surface area contributed by atoms with Crippen LogP contribution in [0.15, 0.2) is 42.5 Å². The predicted octanol–water partition coefficient (Wildman–Crippen LogP) is 5.00. The van der Waals surface area contributed by atoms with Crippen molar-refractivity contribution in [1.29, 1.82) is 0 Å². The molecule has 12 heteroatoms. The monoisotopic (exact) mass is 693 g/mol. The zero-order chi connectivity index (χ0) is 35.1. The van der Waals surface area contributed by atoms with Gasteiger partial charge < -0.3 is 33.4 Å². The normalized spacial score (nSPS) is 26.7. The van der Waals surface area contributed by atoms with Gasteiger partial charge in [0.1, 0.15) is 0 Å². The van der Waals surface area contributed by atoms with Crippen molar-refractivity contribution in [3.8, 4) is 0 Å². The molecule has 5 atom stereocenters. The number of benzene rings is 2. The van der Waals surface area contributed by atoms with Gasteiger partial charge in [0.25, 0.3) is 5.91 Å². The molecule has 1 N–H and O–H groups in total. The van der Waals surface area contributed by atoms with E-state index in [0.717, 1.165) is 24.0 Å². The van der Waals surface area contributed by atoms with Crippen LogP contribution in [0, 0.1) is 5.92 Å². The number of halogens is 1. The summed E-state index contributed by atoms with van der Waals surface area (Å²) >= 11 is 0. The third-order valence-corrected chi connectivity index (χ3v) is 13.5. The molecule has 0 aromatic heterocycles. The summed E-state index contributed by atoms with van der Waals surface area (Å²) in [6.07, 6.45) is 2.95. The van der Waals surface area contributed by atoms with Crippen molar-refractivity contribution in [2.75, 3.05) is 36.6 Å². The van der Waals surface area contributed by atoms with Crippen molar-refractivity contribution in [1.82, 2.24) is 4.90 Å². The highest BCUT2D eigenvalue weighted by Crippen LogP contribution is 2.60. The third kappa shape index (κ3) is 6.43. The van der Waals surface area contributed by atoms with Crippen molar-refractivity contribution in [3.05, 3.63) is 59.2 Å². The van der Waals surface area contributed by atoms with Crippen LogP contribution in [0.5, 0.6) is 0 Å². The van der Waals surface area contributed by atoms with Crippen LogP contribution in [0.2, 0.25) is 18.6 Å². The highest BCUT2D eigenvalue weighted by atomic mass is 28.4. The minimum atomic E-state index is -3.55. The molecule has 4 aliphatic heterocycles. The first kappa shape index (κ1) is 35.2. The number of esters is 1. The van der Waals surface area contributed by atoms with Crippen molar-refractivity contribution in [2.45, 2.75) is 101 Å². The molecule has 4 aliphatic rings. The molecule has 1 spiro atoms. The number of methoxy groups -OCH3 is 1. The number of amides is 3. The lowest BCUT2D eigenvalue weighted by molar-refractivity contribution is -0.151. The van der Waals surface area contributed by atoms with Gasteiger partial charge in [-0.1, -0.05) is 31.2 Å². The molecule has 0 unspecified atom stereocenters. The summed E-state index contributed by atoms with van der Waals surface area (Å²) in [5, 5.41) is 10.3. The Labute approximate surface area is 288 Å². The lowest BCUT2D eigenvalue weighted by Crippen LogP contribution is -2.48. The van der Waals surface area contributed by atoms with Crippen LogP contribution in [0.4, 0.5) is 15.5 Å². The Hall–Kier alpha value is -3.61. The maximum Gasteiger partial charge on any atom is 0.305 e. The Morgan fingerprint density at radius 1 is 1.10 bits per heavy atom.